The molecule has 1 heterocycles. The van der Waals surface area contributed by atoms with Crippen LogP contribution in [-0.4, -0.2) is 11.8 Å². The molecular formula is C9H3ClF3NO2. The summed E-state index contributed by atoms with van der Waals surface area (Å²) in [6, 6.07) is 1.43. The lowest BCUT2D eigenvalue weighted by Crippen LogP contribution is -2.19. The smallest absolute Gasteiger partial charge is 0.288 e. The van der Waals surface area contributed by atoms with Crippen LogP contribution in [0.1, 0.15) is 26.3 Å². The number of benzene rings is 1. The Labute approximate surface area is 92.2 Å². The average molecular weight is 250 g/mol. The summed E-state index contributed by atoms with van der Waals surface area (Å²) in [5.41, 5.74) is -1.57. The van der Waals surface area contributed by atoms with E-state index < -0.39 is 28.6 Å². The summed E-state index contributed by atoms with van der Waals surface area (Å²) in [4.78, 5) is 22.2. The molecule has 0 aromatic heterocycles. The molecule has 16 heavy (non-hydrogen) atoms. The molecule has 1 aromatic rings. The molecule has 0 saturated heterocycles. The van der Waals surface area contributed by atoms with Gasteiger partial charge < -0.3 is 0 Å². The molecule has 1 aliphatic rings. The molecule has 0 fully saturated rings. The first-order chi connectivity index (χ1) is 7.30. The van der Waals surface area contributed by atoms with Crippen molar-refractivity contribution in [2.75, 3.05) is 0 Å². The number of carbonyl (C=O) groups excluding carboxylic acids is 2. The lowest BCUT2D eigenvalue weighted by Gasteiger charge is -2.09. The molecule has 0 bridgehead atoms. The molecule has 1 N–H and O–H groups in total. The summed E-state index contributed by atoms with van der Waals surface area (Å²) in [5.74, 6) is -1.59. The SMILES string of the molecule is O=C1NC(=O)c2cc(C(F)(F)F)c(Cl)cc21. The fourth-order valence-corrected chi connectivity index (χ4v) is 1.67. The standard InChI is InChI=1S/C9H3ClF3NO2/c10-6-2-4-3(7(15)14-8(4)16)1-5(6)9(11,12)13/h1-2H,(H,14,15,16). The third kappa shape index (κ3) is 1.55. The Bertz CT molecular complexity index is 510. The zero-order chi connectivity index (χ0) is 12.1. The highest BCUT2D eigenvalue weighted by atomic mass is 35.5. The molecular weight excluding hydrogens is 247 g/mol. The Hall–Kier alpha value is -1.56. The van der Waals surface area contributed by atoms with Gasteiger partial charge in [0.15, 0.2) is 0 Å². The van der Waals surface area contributed by atoms with Gasteiger partial charge in [0.05, 0.1) is 21.7 Å². The number of nitrogens with one attached hydrogen (secondary N) is 1. The van der Waals surface area contributed by atoms with Crippen LogP contribution >= 0.6 is 11.6 Å². The minimum Gasteiger partial charge on any atom is -0.288 e. The number of carbonyl (C=O) groups is 2. The van der Waals surface area contributed by atoms with E-state index in [1.807, 2.05) is 5.32 Å². The Balaban J connectivity index is 2.67. The van der Waals surface area contributed by atoms with Crippen LogP contribution in [0.15, 0.2) is 12.1 Å². The number of halogens is 4. The molecule has 2 amide bonds. The van der Waals surface area contributed by atoms with Crippen molar-refractivity contribution in [3.63, 3.8) is 0 Å². The second kappa shape index (κ2) is 3.21. The van der Waals surface area contributed by atoms with Gasteiger partial charge >= 0.3 is 6.18 Å². The van der Waals surface area contributed by atoms with Crippen LogP contribution in [0.4, 0.5) is 13.2 Å². The van der Waals surface area contributed by atoms with Crippen LogP contribution in [0.2, 0.25) is 5.02 Å². The maximum atomic E-state index is 12.4. The van der Waals surface area contributed by atoms with Gasteiger partial charge in [-0.25, -0.2) is 0 Å². The molecule has 0 radical (unpaired) electrons. The normalized spacial score (nSPS) is 15.0. The number of hydrogen-bond acceptors (Lipinski definition) is 2. The van der Waals surface area contributed by atoms with E-state index in [4.69, 9.17) is 11.6 Å². The summed E-state index contributed by atoms with van der Waals surface area (Å²) in [7, 11) is 0. The van der Waals surface area contributed by atoms with Crippen LogP contribution in [0.25, 0.3) is 0 Å². The Morgan fingerprint density at radius 3 is 2.06 bits per heavy atom. The molecule has 1 aliphatic heterocycles. The molecule has 2 rings (SSSR count). The van der Waals surface area contributed by atoms with Gasteiger partial charge in [-0.1, -0.05) is 11.6 Å². The average Bonchev–Trinajstić information content (AvgIpc) is 2.39. The van der Waals surface area contributed by atoms with Gasteiger partial charge in [-0.05, 0) is 12.1 Å². The van der Waals surface area contributed by atoms with Crippen molar-refractivity contribution in [3.8, 4) is 0 Å². The molecule has 7 heteroatoms. The number of rotatable bonds is 0. The molecule has 0 unspecified atom stereocenters. The highest BCUT2D eigenvalue weighted by Crippen LogP contribution is 2.37. The van der Waals surface area contributed by atoms with Crippen LogP contribution in [-0.2, 0) is 6.18 Å². The van der Waals surface area contributed by atoms with Gasteiger partial charge in [0.2, 0.25) is 0 Å². The maximum absolute atomic E-state index is 12.4. The van der Waals surface area contributed by atoms with Crippen LogP contribution in [0.5, 0.6) is 0 Å². The Morgan fingerprint density at radius 1 is 1.06 bits per heavy atom. The van der Waals surface area contributed by atoms with Gasteiger partial charge in [0.1, 0.15) is 0 Å². The molecule has 1 aromatic carbocycles. The van der Waals surface area contributed by atoms with E-state index in [-0.39, 0.29) is 11.1 Å². The lowest BCUT2D eigenvalue weighted by atomic mass is 10.1. The highest BCUT2D eigenvalue weighted by molar-refractivity contribution is 6.33. The van der Waals surface area contributed by atoms with Gasteiger partial charge in [-0.2, -0.15) is 13.2 Å². The maximum Gasteiger partial charge on any atom is 0.417 e. The van der Waals surface area contributed by atoms with Gasteiger partial charge in [-0.3, -0.25) is 14.9 Å². The Kier molecular flexibility index (Phi) is 2.20. The summed E-state index contributed by atoms with van der Waals surface area (Å²) in [6.07, 6.45) is -4.65. The van der Waals surface area contributed by atoms with E-state index in [0.29, 0.717) is 6.07 Å². The summed E-state index contributed by atoms with van der Waals surface area (Å²) < 4.78 is 37.3. The first-order valence-electron chi connectivity index (χ1n) is 4.07. The van der Waals surface area contributed by atoms with Crippen LogP contribution in [0, 0.1) is 0 Å². The number of imide groups is 1. The monoisotopic (exact) mass is 249 g/mol. The molecule has 0 aliphatic carbocycles. The van der Waals surface area contributed by atoms with Crippen molar-refractivity contribution in [3.05, 3.63) is 33.8 Å². The number of amides is 2. The van der Waals surface area contributed by atoms with Crippen molar-refractivity contribution < 1.29 is 22.8 Å². The second-order valence-corrected chi connectivity index (χ2v) is 3.57. The quantitative estimate of drug-likeness (QED) is 0.717. The van der Waals surface area contributed by atoms with E-state index >= 15 is 0 Å². The van der Waals surface area contributed by atoms with Gasteiger partial charge in [-0.15, -0.1) is 0 Å². The number of hydrogen-bond donors (Lipinski definition) is 1. The number of fused-ring (bicyclic) bond motifs is 1. The second-order valence-electron chi connectivity index (χ2n) is 3.16. The minimum atomic E-state index is -4.65. The fourth-order valence-electron chi connectivity index (χ4n) is 1.40. The van der Waals surface area contributed by atoms with Gasteiger partial charge in [0.25, 0.3) is 11.8 Å². The topological polar surface area (TPSA) is 46.2 Å². The number of alkyl halides is 3. The van der Waals surface area contributed by atoms with Crippen molar-refractivity contribution in [1.29, 1.82) is 0 Å². The van der Waals surface area contributed by atoms with Crippen LogP contribution in [0.3, 0.4) is 0 Å². The molecule has 3 nitrogen and oxygen atoms in total. The summed E-state index contributed by atoms with van der Waals surface area (Å²) in [6.45, 7) is 0. The van der Waals surface area contributed by atoms with Crippen molar-refractivity contribution >= 4 is 23.4 Å². The molecule has 0 atom stereocenters. The van der Waals surface area contributed by atoms with Crippen molar-refractivity contribution in [2.24, 2.45) is 0 Å². The van der Waals surface area contributed by atoms with Crippen LogP contribution < -0.4 is 5.32 Å². The minimum absolute atomic E-state index is 0.136. The highest BCUT2D eigenvalue weighted by Gasteiger charge is 2.37. The van der Waals surface area contributed by atoms with E-state index in [1.54, 1.807) is 0 Å². The van der Waals surface area contributed by atoms with E-state index in [2.05, 4.69) is 0 Å². The predicted molar refractivity (Wildman–Crippen MR) is 48.3 cm³/mol. The first-order valence-corrected chi connectivity index (χ1v) is 4.45. The molecule has 0 spiro atoms. The zero-order valence-corrected chi connectivity index (χ0v) is 8.24. The summed E-state index contributed by atoms with van der Waals surface area (Å²) >= 11 is 5.39. The molecule has 0 saturated carbocycles. The van der Waals surface area contributed by atoms with E-state index in [0.717, 1.165) is 6.07 Å². The largest absolute Gasteiger partial charge is 0.417 e. The lowest BCUT2D eigenvalue weighted by molar-refractivity contribution is -0.137. The molecule has 84 valence electrons. The van der Waals surface area contributed by atoms with E-state index in [9.17, 15) is 22.8 Å². The third-order valence-corrected chi connectivity index (χ3v) is 2.44. The zero-order valence-electron chi connectivity index (χ0n) is 7.48. The third-order valence-electron chi connectivity index (χ3n) is 2.13. The van der Waals surface area contributed by atoms with Gasteiger partial charge in [0, 0.05) is 0 Å². The van der Waals surface area contributed by atoms with E-state index in [1.165, 1.54) is 0 Å². The summed E-state index contributed by atoms with van der Waals surface area (Å²) in [5, 5.41) is 1.28. The van der Waals surface area contributed by atoms with Crippen molar-refractivity contribution in [1.82, 2.24) is 5.32 Å². The Morgan fingerprint density at radius 2 is 1.56 bits per heavy atom. The fraction of sp³-hybridized carbons (Fsp3) is 0.111. The first kappa shape index (κ1) is 10.9. The van der Waals surface area contributed by atoms with Crippen molar-refractivity contribution in [2.45, 2.75) is 6.18 Å². The predicted octanol–water partition coefficient (Wildman–Crippen LogP) is 2.24.